The molecule has 8 atom stereocenters. The number of hydrogen-bond donors (Lipinski definition) is 3. The average Bonchev–Trinajstić information content (AvgIpc) is 3.63. The summed E-state index contributed by atoms with van der Waals surface area (Å²) in [4.78, 5) is 85.8. The van der Waals surface area contributed by atoms with Gasteiger partial charge >= 0.3 is 41.8 Å². The van der Waals surface area contributed by atoms with Gasteiger partial charge in [0.25, 0.3) is 0 Å². The molecule has 0 saturated heterocycles. The normalized spacial score (nSPS) is 18.4. The first-order chi connectivity index (χ1) is 38.8. The molecule has 428 valence electrons. The molecule has 4 aromatic rings. The lowest BCUT2D eigenvalue weighted by atomic mass is 9.70. The predicted octanol–water partition coefficient (Wildman–Crippen LogP) is 8.21. The van der Waals surface area contributed by atoms with Crippen LogP contribution in [-0.2, 0) is 68.1 Å². The smallest absolute Gasteiger partial charge is 0.330 e. The second-order valence-corrected chi connectivity index (χ2v) is 20.1. The first kappa shape index (κ1) is 61.4. The molecule has 3 N–H and O–H groups in total. The quantitative estimate of drug-likeness (QED) is 0.0152. The number of carboxylic acid groups (broad SMARTS) is 2. The second kappa shape index (κ2) is 28.9. The van der Waals surface area contributed by atoms with E-state index in [1.165, 1.54) is 0 Å². The zero-order valence-corrected chi connectivity index (χ0v) is 45.5. The highest BCUT2D eigenvalue weighted by atomic mass is 16.6. The molecular formula is C63H68O18. The van der Waals surface area contributed by atoms with Gasteiger partial charge in [-0.15, -0.1) is 0 Å². The van der Waals surface area contributed by atoms with Crippen molar-refractivity contribution in [2.24, 2.45) is 23.7 Å². The maximum absolute atomic E-state index is 13.3. The van der Waals surface area contributed by atoms with E-state index in [1.54, 1.807) is 60.7 Å². The van der Waals surface area contributed by atoms with E-state index in [9.17, 15) is 48.9 Å². The number of hydrogen-bond acceptors (Lipinski definition) is 16. The molecule has 0 radical (unpaired) electrons. The van der Waals surface area contributed by atoms with E-state index in [1.807, 2.05) is 48.5 Å². The molecule has 0 amide bonds. The van der Waals surface area contributed by atoms with Gasteiger partial charge in [0, 0.05) is 29.1 Å². The van der Waals surface area contributed by atoms with Crippen LogP contribution in [0.15, 0.2) is 159 Å². The molecule has 0 heterocycles. The van der Waals surface area contributed by atoms with E-state index in [4.69, 9.17) is 37.9 Å². The molecule has 2 aliphatic carbocycles. The molecule has 0 bridgehead atoms. The zero-order chi connectivity index (χ0) is 58.7. The molecular weight excluding hydrogens is 1040 g/mol. The van der Waals surface area contributed by atoms with Gasteiger partial charge in [-0.25, -0.2) is 14.4 Å². The fourth-order valence-corrected chi connectivity index (χ4v) is 9.38. The SMILES string of the molecule is C=CC(=O)OCC(O)COc1ccc(C(C)(c2ccc(OCC(COC(=O)C=C)OC(=O)C3CC=CCC3C(=O)O)cc2)c2ccc(C(C)(C)c3ccc(OCC(COC(=O)C=C)OC(=O)C4CC=CCC4C(=O)O)cc3)cc2)cc1. The van der Waals surface area contributed by atoms with Crippen LogP contribution in [-0.4, -0.2) is 115 Å². The van der Waals surface area contributed by atoms with Crippen LogP contribution in [0.25, 0.3) is 0 Å². The zero-order valence-electron chi connectivity index (χ0n) is 45.5. The highest BCUT2D eigenvalue weighted by molar-refractivity contribution is 5.84. The average molecular weight is 1110 g/mol. The Morgan fingerprint density at radius 3 is 1.10 bits per heavy atom. The molecule has 0 aliphatic heterocycles. The molecule has 81 heavy (non-hydrogen) atoms. The third-order valence-corrected chi connectivity index (χ3v) is 14.3. The van der Waals surface area contributed by atoms with Crippen molar-refractivity contribution in [3.05, 3.63) is 187 Å². The van der Waals surface area contributed by atoms with Gasteiger partial charge in [-0.1, -0.05) is 119 Å². The standard InChI is InChI=1S/C63H68O18/c1-7-55(65)77-35-45(64)34-74-46-30-24-43(25-31-46)63(6,44-26-32-48(33-27-44)76-37-50(39-79-57(67)9-3)81-61(73)54-17-13-11-15-52(54)59(70)71)42-20-18-40(19-21-42)62(4,5)41-22-28-47(29-23-41)75-36-49(38-78-56(66)8-2)80-60(72)53-16-12-10-14-51(53)58(68)69/h7-13,18-33,45,49-54,64H,1-3,14-17,34-39H2,4-6H3,(H,68,69)(H,70,71). The Hall–Kier alpha value is -8.77. The fraction of sp³-hybridized carbons (Fsp3) is 0.349. The van der Waals surface area contributed by atoms with Crippen molar-refractivity contribution in [1.82, 2.24) is 0 Å². The number of carboxylic acids is 2. The fourth-order valence-electron chi connectivity index (χ4n) is 9.38. The summed E-state index contributed by atoms with van der Waals surface area (Å²) in [6, 6.07) is 30.3. The third-order valence-electron chi connectivity index (χ3n) is 14.3. The summed E-state index contributed by atoms with van der Waals surface area (Å²) < 4.78 is 44.7. The molecule has 18 nitrogen and oxygen atoms in total. The first-order valence-corrected chi connectivity index (χ1v) is 26.3. The van der Waals surface area contributed by atoms with Gasteiger partial charge in [-0.05, 0) is 96.8 Å². The van der Waals surface area contributed by atoms with Gasteiger partial charge in [0.05, 0.1) is 23.7 Å². The maximum atomic E-state index is 13.3. The Balaban J connectivity index is 1.21. The summed E-state index contributed by atoms with van der Waals surface area (Å²) in [5.41, 5.74) is 3.20. The van der Waals surface area contributed by atoms with E-state index in [2.05, 4.69) is 52.6 Å². The van der Waals surface area contributed by atoms with Crippen LogP contribution in [0.5, 0.6) is 17.2 Å². The number of aliphatic carboxylic acids is 2. The van der Waals surface area contributed by atoms with Crippen LogP contribution in [0.4, 0.5) is 0 Å². The highest BCUT2D eigenvalue weighted by Gasteiger charge is 2.39. The number of benzene rings is 4. The largest absolute Gasteiger partial charge is 0.491 e. The van der Waals surface area contributed by atoms with Gasteiger partial charge < -0.3 is 53.2 Å². The van der Waals surface area contributed by atoms with Crippen LogP contribution in [0.2, 0.25) is 0 Å². The lowest BCUT2D eigenvalue weighted by molar-refractivity contribution is -0.167. The summed E-state index contributed by atoms with van der Waals surface area (Å²) >= 11 is 0. The second-order valence-electron chi connectivity index (χ2n) is 20.1. The number of carbonyl (C=O) groups excluding carboxylic acids is 5. The molecule has 6 rings (SSSR count). The molecule has 0 fully saturated rings. The van der Waals surface area contributed by atoms with Gasteiger partial charge in [0.15, 0.2) is 12.2 Å². The predicted molar refractivity (Wildman–Crippen MR) is 295 cm³/mol. The monoisotopic (exact) mass is 1110 g/mol. The van der Waals surface area contributed by atoms with Gasteiger partial charge in [0.2, 0.25) is 0 Å². The number of ether oxygens (including phenoxy) is 8. The third kappa shape index (κ3) is 16.6. The maximum Gasteiger partial charge on any atom is 0.330 e. The lowest BCUT2D eigenvalue weighted by Gasteiger charge is -2.33. The Bertz CT molecular complexity index is 2920. The minimum atomic E-state index is -1.12. The number of carbonyl (C=O) groups is 7. The molecule has 0 aromatic heterocycles. The topological polar surface area (TPSA) is 254 Å². The van der Waals surface area contributed by atoms with Crippen LogP contribution < -0.4 is 14.2 Å². The Morgan fingerprint density at radius 1 is 0.457 bits per heavy atom. The number of allylic oxidation sites excluding steroid dienone is 4. The molecule has 18 heteroatoms. The molecule has 0 saturated carbocycles. The van der Waals surface area contributed by atoms with E-state index in [-0.39, 0.29) is 65.3 Å². The van der Waals surface area contributed by atoms with Crippen LogP contribution in [0.1, 0.15) is 74.3 Å². The minimum Gasteiger partial charge on any atom is -0.491 e. The summed E-state index contributed by atoms with van der Waals surface area (Å²) in [7, 11) is 0. The molecule has 2 aliphatic rings. The van der Waals surface area contributed by atoms with Crippen molar-refractivity contribution < 1.29 is 86.8 Å². The van der Waals surface area contributed by atoms with E-state index in [0.29, 0.717) is 17.2 Å². The van der Waals surface area contributed by atoms with Crippen molar-refractivity contribution in [1.29, 1.82) is 0 Å². The number of rotatable bonds is 29. The number of aliphatic hydroxyl groups is 1. The first-order valence-electron chi connectivity index (χ1n) is 26.3. The van der Waals surface area contributed by atoms with Gasteiger partial charge in [-0.2, -0.15) is 0 Å². The molecule has 0 spiro atoms. The van der Waals surface area contributed by atoms with Crippen molar-refractivity contribution in [2.75, 3.05) is 39.6 Å². The van der Waals surface area contributed by atoms with E-state index >= 15 is 0 Å². The van der Waals surface area contributed by atoms with Gasteiger partial charge in [0.1, 0.15) is 63.0 Å². The van der Waals surface area contributed by atoms with Crippen molar-refractivity contribution >= 4 is 41.8 Å². The van der Waals surface area contributed by atoms with E-state index < -0.39 is 94.6 Å². The number of aliphatic hydroxyl groups excluding tert-OH is 1. The number of esters is 5. The van der Waals surface area contributed by atoms with Crippen LogP contribution in [0.3, 0.4) is 0 Å². The van der Waals surface area contributed by atoms with Crippen molar-refractivity contribution in [3.8, 4) is 17.2 Å². The Labute approximate surface area is 470 Å². The summed E-state index contributed by atoms with van der Waals surface area (Å²) in [5, 5.41) is 29.8. The Morgan fingerprint density at radius 2 is 0.753 bits per heavy atom. The van der Waals surface area contributed by atoms with Crippen molar-refractivity contribution in [2.45, 2.75) is 75.6 Å². The summed E-state index contributed by atoms with van der Waals surface area (Å²) in [5.74, 6) is -8.30. The molecule has 4 aromatic carbocycles. The lowest BCUT2D eigenvalue weighted by Crippen LogP contribution is -2.37. The van der Waals surface area contributed by atoms with Crippen LogP contribution >= 0.6 is 0 Å². The Kier molecular flexibility index (Phi) is 21.9. The van der Waals surface area contributed by atoms with Crippen LogP contribution in [0, 0.1) is 23.7 Å². The summed E-state index contributed by atoms with van der Waals surface area (Å²) in [6.07, 6.45) is 7.39. The summed E-state index contributed by atoms with van der Waals surface area (Å²) in [6.45, 7) is 14.9. The highest BCUT2D eigenvalue weighted by Crippen LogP contribution is 2.42. The van der Waals surface area contributed by atoms with Gasteiger partial charge in [-0.3, -0.25) is 19.2 Å². The van der Waals surface area contributed by atoms with E-state index in [0.717, 1.165) is 46.0 Å². The molecule has 8 unspecified atom stereocenters. The minimum absolute atomic E-state index is 0.143. The van der Waals surface area contributed by atoms with Crippen molar-refractivity contribution in [3.63, 3.8) is 0 Å².